The molecule has 148 valence electrons. The fourth-order valence-corrected chi connectivity index (χ4v) is 7.01. The molecule has 1 aliphatic rings. The zero-order valence-electron chi connectivity index (χ0n) is 16.1. The highest BCUT2D eigenvalue weighted by Crippen LogP contribution is 2.40. The van der Waals surface area contributed by atoms with Crippen LogP contribution in [0.3, 0.4) is 0 Å². The molecule has 6 heteroatoms. The van der Waals surface area contributed by atoms with E-state index in [4.69, 9.17) is 7.85 Å². The van der Waals surface area contributed by atoms with E-state index in [1.807, 2.05) is 54.6 Å². The third-order valence-corrected chi connectivity index (χ3v) is 8.62. The van der Waals surface area contributed by atoms with E-state index in [0.29, 0.717) is 16.8 Å². The van der Waals surface area contributed by atoms with Crippen LogP contribution < -0.4 is 5.46 Å². The van der Waals surface area contributed by atoms with Crippen molar-refractivity contribution in [2.75, 3.05) is 0 Å². The van der Waals surface area contributed by atoms with Crippen molar-refractivity contribution in [1.82, 2.24) is 0 Å². The number of hydrogen-bond acceptors (Lipinski definition) is 4. The molecule has 0 saturated carbocycles. The second-order valence-corrected chi connectivity index (χ2v) is 11.3. The highest BCUT2D eigenvalue weighted by Gasteiger charge is 2.27. The molecule has 3 aromatic rings. The van der Waals surface area contributed by atoms with Gasteiger partial charge in [-0.3, -0.25) is 0 Å². The first kappa shape index (κ1) is 21.1. The minimum Gasteiger partial charge on any atom is -0.219 e. The van der Waals surface area contributed by atoms with Gasteiger partial charge in [-0.1, -0.05) is 71.8 Å². The Bertz CT molecular complexity index is 1170. The lowest BCUT2D eigenvalue weighted by molar-refractivity contribution is 0.600. The standard InChI is InChI=1S/C24H19BO2S3/c25-18-11-13-23(14-12-18)30(26,27)24-16-21(28-19-7-3-1-4-8-19)15-22(17-24)29-20-9-5-2-6-10-20/h1-16,22H,17H2. The lowest BCUT2D eigenvalue weighted by Gasteiger charge is -2.22. The van der Waals surface area contributed by atoms with Gasteiger partial charge in [0.1, 0.15) is 7.85 Å². The predicted molar refractivity (Wildman–Crippen MR) is 128 cm³/mol. The Hall–Kier alpha value is -2.15. The van der Waals surface area contributed by atoms with E-state index in [9.17, 15) is 8.42 Å². The molecule has 0 N–H and O–H groups in total. The second kappa shape index (κ2) is 9.33. The van der Waals surface area contributed by atoms with Crippen molar-refractivity contribution in [3.8, 4) is 0 Å². The summed E-state index contributed by atoms with van der Waals surface area (Å²) in [6.07, 6.45) is 4.42. The van der Waals surface area contributed by atoms with E-state index >= 15 is 0 Å². The van der Waals surface area contributed by atoms with Crippen molar-refractivity contribution in [1.29, 1.82) is 0 Å². The first-order valence-electron chi connectivity index (χ1n) is 9.48. The van der Waals surface area contributed by atoms with Gasteiger partial charge in [0.15, 0.2) is 0 Å². The average molecular weight is 446 g/mol. The van der Waals surface area contributed by atoms with Crippen LogP contribution in [0.5, 0.6) is 0 Å². The molecule has 1 aliphatic carbocycles. The van der Waals surface area contributed by atoms with Crippen LogP contribution in [-0.2, 0) is 9.84 Å². The minimum absolute atomic E-state index is 0.0298. The number of rotatable bonds is 6. The number of allylic oxidation sites excluding steroid dienone is 2. The summed E-state index contributed by atoms with van der Waals surface area (Å²) in [5.74, 6) is 0. The first-order valence-corrected chi connectivity index (χ1v) is 12.7. The van der Waals surface area contributed by atoms with Crippen molar-refractivity contribution in [2.45, 2.75) is 26.4 Å². The van der Waals surface area contributed by atoms with E-state index < -0.39 is 9.84 Å². The zero-order valence-corrected chi connectivity index (χ0v) is 18.6. The van der Waals surface area contributed by atoms with Gasteiger partial charge in [0.05, 0.1) is 9.80 Å². The Kier molecular flexibility index (Phi) is 6.57. The van der Waals surface area contributed by atoms with Gasteiger partial charge >= 0.3 is 0 Å². The fraction of sp³-hybridized carbons (Fsp3) is 0.0833. The quantitative estimate of drug-likeness (QED) is 0.477. The fourth-order valence-electron chi connectivity index (χ4n) is 3.13. The molecule has 2 radical (unpaired) electrons. The topological polar surface area (TPSA) is 34.1 Å². The normalized spacial score (nSPS) is 16.6. The predicted octanol–water partition coefficient (Wildman–Crippen LogP) is 5.38. The van der Waals surface area contributed by atoms with Crippen molar-refractivity contribution in [3.05, 3.63) is 107 Å². The van der Waals surface area contributed by atoms with Gasteiger partial charge in [0.2, 0.25) is 9.84 Å². The Balaban J connectivity index is 1.67. The summed E-state index contributed by atoms with van der Waals surface area (Å²) in [5, 5.41) is 0.0298. The molecule has 0 heterocycles. The summed E-state index contributed by atoms with van der Waals surface area (Å²) in [7, 11) is 2.15. The van der Waals surface area contributed by atoms with Crippen LogP contribution in [0, 0.1) is 0 Å². The van der Waals surface area contributed by atoms with Crippen LogP contribution in [-0.4, -0.2) is 21.5 Å². The van der Waals surface area contributed by atoms with E-state index in [0.717, 1.165) is 14.7 Å². The molecular weight excluding hydrogens is 427 g/mol. The smallest absolute Gasteiger partial charge is 0.202 e. The van der Waals surface area contributed by atoms with Crippen molar-refractivity contribution in [2.24, 2.45) is 0 Å². The Morgan fingerprint density at radius 1 is 0.800 bits per heavy atom. The summed E-state index contributed by atoms with van der Waals surface area (Å²) in [6, 6.07) is 26.5. The van der Waals surface area contributed by atoms with E-state index in [1.54, 1.807) is 47.8 Å². The van der Waals surface area contributed by atoms with Crippen molar-refractivity contribution in [3.63, 3.8) is 0 Å². The summed E-state index contributed by atoms with van der Waals surface area (Å²) in [5.41, 5.74) is 0.546. The molecule has 0 fully saturated rings. The Labute approximate surface area is 187 Å². The van der Waals surface area contributed by atoms with Crippen LogP contribution >= 0.6 is 23.5 Å². The molecule has 0 saturated heterocycles. The number of thioether (sulfide) groups is 2. The molecule has 4 rings (SSSR count). The molecule has 0 aliphatic heterocycles. The van der Waals surface area contributed by atoms with Crippen molar-refractivity contribution < 1.29 is 8.42 Å². The summed E-state index contributed by atoms with van der Waals surface area (Å²) in [6.45, 7) is 0. The molecular formula is C24H19BO2S3. The van der Waals surface area contributed by atoms with Gasteiger partial charge in [-0.25, -0.2) is 8.42 Å². The molecule has 3 aromatic carbocycles. The third-order valence-electron chi connectivity index (χ3n) is 4.60. The summed E-state index contributed by atoms with van der Waals surface area (Å²) in [4.78, 5) is 3.84. The summed E-state index contributed by atoms with van der Waals surface area (Å²) >= 11 is 3.26. The monoisotopic (exact) mass is 446 g/mol. The lowest BCUT2D eigenvalue weighted by Crippen LogP contribution is -2.14. The molecule has 0 aromatic heterocycles. The Morgan fingerprint density at radius 3 is 2.03 bits per heavy atom. The molecule has 1 atom stereocenters. The SMILES string of the molecule is [B]c1ccc(S(=O)(=O)C2=CC(Sc3ccccc3)=CC(Sc3ccccc3)C2)cc1. The molecule has 0 amide bonds. The highest BCUT2D eigenvalue weighted by molar-refractivity contribution is 8.03. The molecule has 1 unspecified atom stereocenters. The molecule has 2 nitrogen and oxygen atoms in total. The van der Waals surface area contributed by atoms with Gasteiger partial charge in [0, 0.05) is 19.9 Å². The number of benzene rings is 3. The average Bonchev–Trinajstić information content (AvgIpc) is 2.75. The van der Waals surface area contributed by atoms with E-state index in [-0.39, 0.29) is 10.1 Å². The molecule has 0 bridgehead atoms. The highest BCUT2D eigenvalue weighted by atomic mass is 32.2. The maximum atomic E-state index is 13.3. The van der Waals surface area contributed by atoms with Gasteiger partial charge in [-0.05, 0) is 48.9 Å². The van der Waals surface area contributed by atoms with Gasteiger partial charge < -0.3 is 0 Å². The van der Waals surface area contributed by atoms with Crippen molar-refractivity contribution >= 4 is 46.7 Å². The minimum atomic E-state index is -3.59. The second-order valence-electron chi connectivity index (χ2n) is 6.84. The summed E-state index contributed by atoms with van der Waals surface area (Å²) < 4.78 is 26.7. The van der Waals surface area contributed by atoms with Gasteiger partial charge in [-0.15, -0.1) is 11.8 Å². The van der Waals surface area contributed by atoms with Crippen LogP contribution in [0.4, 0.5) is 0 Å². The maximum Gasteiger partial charge on any atom is 0.202 e. The molecule has 30 heavy (non-hydrogen) atoms. The van der Waals surface area contributed by atoms with Crippen LogP contribution in [0.25, 0.3) is 0 Å². The van der Waals surface area contributed by atoms with E-state index in [1.165, 1.54) is 0 Å². The number of sulfone groups is 1. The number of hydrogen-bond donors (Lipinski definition) is 0. The van der Waals surface area contributed by atoms with Gasteiger partial charge in [0.25, 0.3) is 0 Å². The molecule has 0 spiro atoms. The van der Waals surface area contributed by atoms with Crippen LogP contribution in [0.2, 0.25) is 0 Å². The van der Waals surface area contributed by atoms with Crippen LogP contribution in [0.1, 0.15) is 6.42 Å². The lowest BCUT2D eigenvalue weighted by atomic mass is 9.97. The Morgan fingerprint density at radius 2 is 1.40 bits per heavy atom. The van der Waals surface area contributed by atoms with Gasteiger partial charge in [-0.2, -0.15) is 0 Å². The van der Waals surface area contributed by atoms with Crippen LogP contribution in [0.15, 0.2) is 122 Å². The third kappa shape index (κ3) is 5.12. The van der Waals surface area contributed by atoms with E-state index in [2.05, 4.69) is 18.2 Å². The largest absolute Gasteiger partial charge is 0.219 e. The zero-order chi connectivity index (χ0) is 21.0. The maximum absolute atomic E-state index is 13.3. The first-order chi connectivity index (χ1) is 14.5.